The summed E-state index contributed by atoms with van der Waals surface area (Å²) < 4.78 is 44.2. The minimum atomic E-state index is -4.04. The molecule has 0 saturated carbocycles. The normalized spacial score (nSPS) is 13.0. The lowest BCUT2D eigenvalue weighted by atomic mass is 10.2. The average Bonchev–Trinajstić information content (AvgIpc) is 2.47. The Labute approximate surface area is 136 Å². The van der Waals surface area contributed by atoms with Gasteiger partial charge in [0.2, 0.25) is 15.9 Å². The monoisotopic (exact) mass is 346 g/mol. The molecule has 0 unspecified atom stereocenters. The first-order chi connectivity index (χ1) is 10.7. The second-order valence-corrected chi connectivity index (χ2v) is 7.33. The maximum Gasteiger partial charge on any atom is 0.247 e. The van der Waals surface area contributed by atoms with Crippen LogP contribution in [0.15, 0.2) is 23.1 Å². The number of ether oxygens (including phenoxy) is 1. The molecule has 0 aliphatic heterocycles. The highest BCUT2D eigenvalue weighted by molar-refractivity contribution is 7.89. The van der Waals surface area contributed by atoms with E-state index in [0.29, 0.717) is 0 Å². The van der Waals surface area contributed by atoms with Crippen LogP contribution in [0.1, 0.15) is 26.7 Å². The molecule has 0 aromatic heterocycles. The molecule has 0 heterocycles. The summed E-state index contributed by atoms with van der Waals surface area (Å²) in [7, 11) is -1.48. The van der Waals surface area contributed by atoms with E-state index in [1.807, 2.05) is 13.8 Å². The van der Waals surface area contributed by atoms with Gasteiger partial charge in [0.1, 0.15) is 16.5 Å². The third kappa shape index (κ3) is 5.18. The van der Waals surface area contributed by atoms with Gasteiger partial charge in [-0.15, -0.1) is 0 Å². The minimum Gasteiger partial charge on any atom is -0.495 e. The van der Waals surface area contributed by atoms with Gasteiger partial charge in [0, 0.05) is 13.1 Å². The molecule has 0 saturated heterocycles. The second kappa shape index (κ2) is 8.26. The molecule has 0 spiro atoms. The van der Waals surface area contributed by atoms with Crippen LogP contribution in [0.2, 0.25) is 0 Å². The number of benzene rings is 1. The Morgan fingerprint density at radius 1 is 1.43 bits per heavy atom. The molecule has 130 valence electrons. The van der Waals surface area contributed by atoms with E-state index in [4.69, 9.17) is 4.74 Å². The van der Waals surface area contributed by atoms with Crippen molar-refractivity contribution in [2.75, 3.05) is 20.7 Å². The molecule has 1 amide bonds. The molecule has 6 nitrogen and oxygen atoms in total. The highest BCUT2D eigenvalue weighted by Crippen LogP contribution is 2.26. The van der Waals surface area contributed by atoms with Gasteiger partial charge >= 0.3 is 0 Å². The van der Waals surface area contributed by atoms with Crippen LogP contribution in [0.3, 0.4) is 0 Å². The number of rotatable bonds is 8. The van der Waals surface area contributed by atoms with Gasteiger partial charge in [-0.25, -0.2) is 12.8 Å². The van der Waals surface area contributed by atoms with Crippen LogP contribution in [-0.4, -0.2) is 45.4 Å². The largest absolute Gasteiger partial charge is 0.495 e. The topological polar surface area (TPSA) is 75.7 Å². The first kappa shape index (κ1) is 19.4. The van der Waals surface area contributed by atoms with E-state index >= 15 is 0 Å². The maximum atomic E-state index is 13.4. The number of hydrogen-bond acceptors (Lipinski definition) is 4. The summed E-state index contributed by atoms with van der Waals surface area (Å²) in [5.41, 5.74) is 0. The van der Waals surface area contributed by atoms with E-state index in [1.165, 1.54) is 20.2 Å². The van der Waals surface area contributed by atoms with Gasteiger partial charge in [-0.05, 0) is 31.5 Å². The number of halogens is 1. The van der Waals surface area contributed by atoms with Crippen LogP contribution in [0, 0.1) is 5.82 Å². The molecule has 23 heavy (non-hydrogen) atoms. The average molecular weight is 346 g/mol. The predicted molar refractivity (Wildman–Crippen MR) is 85.3 cm³/mol. The summed E-state index contributed by atoms with van der Waals surface area (Å²) >= 11 is 0. The summed E-state index contributed by atoms with van der Waals surface area (Å²) in [4.78, 5) is 11.6. The SMILES string of the molecule is CCC[C@H](C)NC(=O)CN(C)S(=O)(=O)c1cc(F)ccc1OC. The van der Waals surface area contributed by atoms with Crippen LogP contribution in [0.4, 0.5) is 4.39 Å². The van der Waals surface area contributed by atoms with E-state index in [0.717, 1.165) is 29.3 Å². The molecular weight excluding hydrogens is 323 g/mol. The quantitative estimate of drug-likeness (QED) is 0.778. The van der Waals surface area contributed by atoms with Crippen molar-refractivity contribution in [2.24, 2.45) is 0 Å². The molecule has 1 aromatic carbocycles. The van der Waals surface area contributed by atoms with Crippen LogP contribution in [-0.2, 0) is 14.8 Å². The Morgan fingerprint density at radius 3 is 2.65 bits per heavy atom. The lowest BCUT2D eigenvalue weighted by Crippen LogP contribution is -2.41. The predicted octanol–water partition coefficient (Wildman–Crippen LogP) is 1.76. The smallest absolute Gasteiger partial charge is 0.247 e. The third-order valence-electron chi connectivity index (χ3n) is 3.31. The second-order valence-electron chi connectivity index (χ2n) is 5.31. The zero-order valence-corrected chi connectivity index (χ0v) is 14.6. The first-order valence-corrected chi connectivity index (χ1v) is 8.75. The zero-order valence-electron chi connectivity index (χ0n) is 13.8. The zero-order chi connectivity index (χ0) is 17.6. The fourth-order valence-electron chi connectivity index (χ4n) is 2.13. The maximum absolute atomic E-state index is 13.4. The first-order valence-electron chi connectivity index (χ1n) is 7.31. The van der Waals surface area contributed by atoms with Gasteiger partial charge in [-0.3, -0.25) is 4.79 Å². The summed E-state index contributed by atoms with van der Waals surface area (Å²) in [6, 6.07) is 3.19. The van der Waals surface area contributed by atoms with E-state index in [-0.39, 0.29) is 23.2 Å². The third-order valence-corrected chi connectivity index (χ3v) is 5.13. The van der Waals surface area contributed by atoms with Gasteiger partial charge < -0.3 is 10.1 Å². The van der Waals surface area contributed by atoms with E-state index in [1.54, 1.807) is 0 Å². The van der Waals surface area contributed by atoms with E-state index in [9.17, 15) is 17.6 Å². The lowest BCUT2D eigenvalue weighted by Gasteiger charge is -2.20. The number of nitrogens with one attached hydrogen (secondary N) is 1. The molecule has 1 rings (SSSR count). The van der Waals surface area contributed by atoms with Crippen LogP contribution < -0.4 is 10.1 Å². The molecule has 8 heteroatoms. The molecular formula is C15H23FN2O4S. The summed E-state index contributed by atoms with van der Waals surface area (Å²) in [5.74, 6) is -1.08. The van der Waals surface area contributed by atoms with Crippen LogP contribution >= 0.6 is 0 Å². The number of nitrogens with zero attached hydrogens (tertiary/aromatic N) is 1. The van der Waals surface area contributed by atoms with Crippen molar-refractivity contribution >= 4 is 15.9 Å². The molecule has 1 aromatic rings. The summed E-state index contributed by atoms with van der Waals surface area (Å²) in [5, 5.41) is 2.72. The minimum absolute atomic E-state index is 0.0259. The highest BCUT2D eigenvalue weighted by atomic mass is 32.2. The van der Waals surface area contributed by atoms with Gasteiger partial charge in [-0.2, -0.15) is 4.31 Å². The number of hydrogen-bond donors (Lipinski definition) is 1. The Hall–Kier alpha value is -1.67. The van der Waals surface area contributed by atoms with Crippen molar-refractivity contribution in [1.29, 1.82) is 0 Å². The Bertz CT molecular complexity index is 649. The number of likely N-dealkylation sites (N-methyl/N-ethyl adjacent to an activating group) is 1. The molecule has 0 radical (unpaired) electrons. The molecule has 1 N–H and O–H groups in total. The molecule has 0 fully saturated rings. The lowest BCUT2D eigenvalue weighted by molar-refractivity contribution is -0.121. The van der Waals surface area contributed by atoms with Crippen molar-refractivity contribution in [2.45, 2.75) is 37.6 Å². The molecule has 1 atom stereocenters. The molecule has 0 bridgehead atoms. The van der Waals surface area contributed by atoms with Gasteiger partial charge in [-0.1, -0.05) is 13.3 Å². The van der Waals surface area contributed by atoms with Crippen molar-refractivity contribution in [1.82, 2.24) is 9.62 Å². The number of carbonyl (C=O) groups is 1. The highest BCUT2D eigenvalue weighted by Gasteiger charge is 2.27. The van der Waals surface area contributed by atoms with Crippen LogP contribution in [0.5, 0.6) is 5.75 Å². The van der Waals surface area contributed by atoms with Gasteiger partial charge in [0.25, 0.3) is 0 Å². The van der Waals surface area contributed by atoms with E-state index in [2.05, 4.69) is 5.32 Å². The summed E-state index contributed by atoms with van der Waals surface area (Å²) in [6.07, 6.45) is 1.72. The number of methoxy groups -OCH3 is 1. The number of amides is 1. The fraction of sp³-hybridized carbons (Fsp3) is 0.533. The van der Waals surface area contributed by atoms with Crippen molar-refractivity contribution in [3.05, 3.63) is 24.0 Å². The number of carbonyl (C=O) groups excluding carboxylic acids is 1. The van der Waals surface area contributed by atoms with Crippen molar-refractivity contribution in [3.8, 4) is 5.75 Å². The molecule has 0 aliphatic carbocycles. The Morgan fingerprint density at radius 2 is 2.09 bits per heavy atom. The van der Waals surface area contributed by atoms with E-state index < -0.39 is 21.7 Å². The van der Waals surface area contributed by atoms with Gasteiger partial charge in [0.15, 0.2) is 0 Å². The van der Waals surface area contributed by atoms with Crippen LogP contribution in [0.25, 0.3) is 0 Å². The Balaban J connectivity index is 2.92. The standard InChI is InChI=1S/C15H23FN2O4S/c1-5-6-11(2)17-15(19)10-18(3)23(20,21)14-9-12(16)7-8-13(14)22-4/h7-9,11H,5-6,10H2,1-4H3,(H,17,19)/t11-/m0/s1. The van der Waals surface area contributed by atoms with Crippen molar-refractivity contribution in [3.63, 3.8) is 0 Å². The van der Waals surface area contributed by atoms with Crippen molar-refractivity contribution < 1.29 is 22.3 Å². The molecule has 0 aliphatic rings. The summed E-state index contributed by atoms with van der Waals surface area (Å²) in [6.45, 7) is 3.50. The van der Waals surface area contributed by atoms with Gasteiger partial charge in [0.05, 0.1) is 13.7 Å². The number of sulfonamides is 1. The fourth-order valence-corrected chi connectivity index (χ4v) is 3.42. The Kier molecular flexibility index (Phi) is 6.96.